The van der Waals surface area contributed by atoms with E-state index < -0.39 is 5.97 Å². The lowest BCUT2D eigenvalue weighted by molar-refractivity contribution is -0.135. The van der Waals surface area contributed by atoms with Crippen molar-refractivity contribution in [2.75, 3.05) is 19.5 Å². The molecular weight excluding hydrogens is 220 g/mol. The van der Waals surface area contributed by atoms with Gasteiger partial charge in [0.15, 0.2) is 0 Å². The SMILES string of the molecule is CCOC(=O)C(C)=Nc1cc(OC)ccc1N. The van der Waals surface area contributed by atoms with Crippen LogP contribution in [0.15, 0.2) is 23.2 Å². The van der Waals surface area contributed by atoms with Crippen LogP contribution in [0.1, 0.15) is 13.8 Å². The molecule has 0 aromatic heterocycles. The zero-order valence-electron chi connectivity index (χ0n) is 10.2. The molecule has 0 aliphatic rings. The predicted molar refractivity (Wildman–Crippen MR) is 66.8 cm³/mol. The molecule has 0 atom stereocenters. The third kappa shape index (κ3) is 3.48. The van der Waals surface area contributed by atoms with Gasteiger partial charge < -0.3 is 15.2 Å². The lowest BCUT2D eigenvalue weighted by Gasteiger charge is -2.05. The summed E-state index contributed by atoms with van der Waals surface area (Å²) in [5.41, 5.74) is 6.98. The first-order valence-electron chi connectivity index (χ1n) is 5.24. The summed E-state index contributed by atoms with van der Waals surface area (Å²) in [5.74, 6) is 0.185. The molecule has 0 heterocycles. The highest BCUT2D eigenvalue weighted by Crippen LogP contribution is 2.27. The van der Waals surface area contributed by atoms with Crippen LogP contribution in [0, 0.1) is 0 Å². The highest BCUT2D eigenvalue weighted by Gasteiger charge is 2.08. The smallest absolute Gasteiger partial charge is 0.352 e. The lowest BCUT2D eigenvalue weighted by atomic mass is 10.2. The number of methoxy groups -OCH3 is 1. The van der Waals surface area contributed by atoms with Crippen LogP contribution in [-0.2, 0) is 9.53 Å². The molecule has 2 N–H and O–H groups in total. The van der Waals surface area contributed by atoms with E-state index in [-0.39, 0.29) is 5.71 Å². The van der Waals surface area contributed by atoms with E-state index in [0.717, 1.165) is 0 Å². The molecule has 0 saturated heterocycles. The topological polar surface area (TPSA) is 73.9 Å². The van der Waals surface area contributed by atoms with Crippen LogP contribution in [0.3, 0.4) is 0 Å². The Kier molecular flexibility index (Phi) is 4.51. The van der Waals surface area contributed by atoms with E-state index in [2.05, 4.69) is 4.99 Å². The number of esters is 1. The maximum Gasteiger partial charge on any atom is 0.352 e. The van der Waals surface area contributed by atoms with E-state index in [1.54, 1.807) is 39.2 Å². The van der Waals surface area contributed by atoms with Crippen molar-refractivity contribution >= 4 is 23.1 Å². The van der Waals surface area contributed by atoms with E-state index >= 15 is 0 Å². The number of anilines is 1. The highest BCUT2D eigenvalue weighted by molar-refractivity contribution is 6.36. The van der Waals surface area contributed by atoms with Crippen molar-refractivity contribution in [2.45, 2.75) is 13.8 Å². The number of rotatable bonds is 4. The number of aliphatic imine (C=N–C) groups is 1. The molecule has 1 aromatic carbocycles. The third-order valence-electron chi connectivity index (χ3n) is 2.10. The number of carbonyl (C=O) groups excluding carboxylic acids is 1. The first kappa shape index (κ1) is 13.0. The van der Waals surface area contributed by atoms with Gasteiger partial charge in [0.05, 0.1) is 25.1 Å². The molecule has 0 fully saturated rings. The number of benzene rings is 1. The monoisotopic (exact) mass is 236 g/mol. The number of carbonyl (C=O) groups is 1. The van der Waals surface area contributed by atoms with E-state index in [1.165, 1.54) is 0 Å². The second-order valence-electron chi connectivity index (χ2n) is 3.34. The summed E-state index contributed by atoms with van der Waals surface area (Å²) in [7, 11) is 1.55. The van der Waals surface area contributed by atoms with Crippen LogP contribution in [0.5, 0.6) is 5.75 Å². The zero-order valence-corrected chi connectivity index (χ0v) is 10.2. The Bertz CT molecular complexity index is 441. The van der Waals surface area contributed by atoms with Gasteiger partial charge in [-0.15, -0.1) is 0 Å². The minimum absolute atomic E-state index is 0.256. The number of nitrogens with two attached hydrogens (primary N) is 1. The van der Waals surface area contributed by atoms with Crippen LogP contribution in [-0.4, -0.2) is 25.4 Å². The molecule has 0 aliphatic carbocycles. The average Bonchev–Trinajstić information content (AvgIpc) is 2.32. The van der Waals surface area contributed by atoms with Crippen LogP contribution >= 0.6 is 0 Å². The van der Waals surface area contributed by atoms with Gasteiger partial charge in [0.25, 0.3) is 0 Å². The third-order valence-corrected chi connectivity index (χ3v) is 2.10. The van der Waals surface area contributed by atoms with Crippen LogP contribution in [0.4, 0.5) is 11.4 Å². The second-order valence-corrected chi connectivity index (χ2v) is 3.34. The summed E-state index contributed by atoms with van der Waals surface area (Å²) < 4.78 is 9.89. The number of ether oxygens (including phenoxy) is 2. The lowest BCUT2D eigenvalue weighted by Crippen LogP contribution is -2.13. The Morgan fingerprint density at radius 2 is 2.18 bits per heavy atom. The Hall–Kier alpha value is -2.04. The number of nitrogens with zero attached hydrogens (tertiary/aromatic N) is 1. The molecule has 0 bridgehead atoms. The molecule has 1 aromatic rings. The maximum atomic E-state index is 11.4. The molecule has 1 rings (SSSR count). The van der Waals surface area contributed by atoms with E-state index in [0.29, 0.717) is 23.7 Å². The molecule has 0 aliphatic heterocycles. The number of nitrogen functional groups attached to an aromatic ring is 1. The highest BCUT2D eigenvalue weighted by atomic mass is 16.5. The fourth-order valence-corrected chi connectivity index (χ4v) is 1.21. The van der Waals surface area contributed by atoms with Crippen molar-refractivity contribution in [1.82, 2.24) is 0 Å². The van der Waals surface area contributed by atoms with Crippen molar-refractivity contribution in [2.24, 2.45) is 4.99 Å². The quantitative estimate of drug-likeness (QED) is 0.492. The molecule has 5 heteroatoms. The van der Waals surface area contributed by atoms with Crippen molar-refractivity contribution in [3.63, 3.8) is 0 Å². The van der Waals surface area contributed by atoms with Gasteiger partial charge in [-0.2, -0.15) is 0 Å². The maximum absolute atomic E-state index is 11.4. The standard InChI is InChI=1S/C12H16N2O3/c1-4-17-12(15)8(2)14-11-7-9(16-3)5-6-10(11)13/h5-7H,4,13H2,1-3H3. The Balaban J connectivity index is 3.00. The normalized spacial score (nSPS) is 11.1. The molecular formula is C12H16N2O3. The molecule has 0 saturated carbocycles. The summed E-state index contributed by atoms with van der Waals surface area (Å²) in [6.07, 6.45) is 0. The van der Waals surface area contributed by atoms with Crippen LogP contribution in [0.25, 0.3) is 0 Å². The zero-order chi connectivity index (χ0) is 12.8. The summed E-state index contributed by atoms with van der Waals surface area (Å²) in [6.45, 7) is 3.64. The number of hydrogen-bond donors (Lipinski definition) is 1. The molecule has 0 unspecified atom stereocenters. The largest absolute Gasteiger partial charge is 0.497 e. The van der Waals surface area contributed by atoms with Crippen molar-refractivity contribution in [1.29, 1.82) is 0 Å². The van der Waals surface area contributed by atoms with Gasteiger partial charge >= 0.3 is 5.97 Å². The predicted octanol–water partition coefficient (Wildman–Crippen LogP) is 1.93. The second kappa shape index (κ2) is 5.89. The Morgan fingerprint density at radius 1 is 1.47 bits per heavy atom. The summed E-state index contributed by atoms with van der Waals surface area (Å²) in [5, 5.41) is 0. The van der Waals surface area contributed by atoms with Crippen molar-refractivity contribution in [3.8, 4) is 5.75 Å². The molecule has 0 spiro atoms. The molecule has 0 amide bonds. The molecule has 5 nitrogen and oxygen atoms in total. The van der Waals surface area contributed by atoms with E-state index in [1.807, 2.05) is 0 Å². The molecule has 92 valence electrons. The van der Waals surface area contributed by atoms with Gasteiger partial charge in [-0.3, -0.25) is 0 Å². The van der Waals surface area contributed by atoms with Gasteiger partial charge in [-0.05, 0) is 26.0 Å². The van der Waals surface area contributed by atoms with Crippen LogP contribution < -0.4 is 10.5 Å². The Morgan fingerprint density at radius 3 is 2.76 bits per heavy atom. The average molecular weight is 236 g/mol. The van der Waals surface area contributed by atoms with E-state index in [4.69, 9.17) is 15.2 Å². The van der Waals surface area contributed by atoms with Crippen molar-refractivity contribution < 1.29 is 14.3 Å². The van der Waals surface area contributed by atoms with Crippen molar-refractivity contribution in [3.05, 3.63) is 18.2 Å². The fourth-order valence-electron chi connectivity index (χ4n) is 1.21. The van der Waals surface area contributed by atoms with Gasteiger partial charge in [-0.1, -0.05) is 0 Å². The van der Waals surface area contributed by atoms with Gasteiger partial charge in [-0.25, -0.2) is 9.79 Å². The summed E-state index contributed by atoms with van der Waals surface area (Å²) in [6, 6.07) is 5.07. The molecule has 17 heavy (non-hydrogen) atoms. The molecule has 0 radical (unpaired) electrons. The number of hydrogen-bond acceptors (Lipinski definition) is 5. The van der Waals surface area contributed by atoms with Crippen LogP contribution in [0.2, 0.25) is 0 Å². The van der Waals surface area contributed by atoms with E-state index in [9.17, 15) is 4.79 Å². The van der Waals surface area contributed by atoms with Gasteiger partial charge in [0.1, 0.15) is 11.5 Å². The van der Waals surface area contributed by atoms with Gasteiger partial charge in [0.2, 0.25) is 0 Å². The summed E-state index contributed by atoms with van der Waals surface area (Å²) >= 11 is 0. The Labute approximate surface area is 100 Å². The minimum Gasteiger partial charge on any atom is -0.497 e. The summed E-state index contributed by atoms with van der Waals surface area (Å²) in [4.78, 5) is 15.5. The first-order chi connectivity index (χ1) is 8.08. The fraction of sp³-hybridized carbons (Fsp3) is 0.333. The first-order valence-corrected chi connectivity index (χ1v) is 5.24. The minimum atomic E-state index is -0.449. The van der Waals surface area contributed by atoms with Gasteiger partial charge in [0, 0.05) is 6.07 Å².